The van der Waals surface area contributed by atoms with Crippen LogP contribution in [-0.2, 0) is 0 Å². The largest absolute Gasteiger partial charge is 0.455 e. The summed E-state index contributed by atoms with van der Waals surface area (Å²) in [4.78, 5) is 27.1. The van der Waals surface area contributed by atoms with E-state index >= 15 is 0 Å². The number of hydrogen-bond acceptors (Lipinski definition) is 3. The third-order valence-electron chi connectivity index (χ3n) is 6.27. The summed E-state index contributed by atoms with van der Waals surface area (Å²) in [6.07, 6.45) is 0. The van der Waals surface area contributed by atoms with E-state index in [1.165, 1.54) is 0 Å². The third-order valence-corrected chi connectivity index (χ3v) is 6.74. The molecule has 0 saturated carbocycles. The second-order valence-corrected chi connectivity index (χ2v) is 8.71. The van der Waals surface area contributed by atoms with E-state index < -0.39 is 0 Å². The molecule has 7 rings (SSSR count). The number of halogens is 2. The van der Waals surface area contributed by atoms with Crippen molar-refractivity contribution in [3.63, 3.8) is 0 Å². The molecule has 0 fully saturated rings. The lowest BCUT2D eigenvalue weighted by Crippen LogP contribution is -2.01. The van der Waals surface area contributed by atoms with Crippen molar-refractivity contribution in [3.8, 4) is 0 Å². The minimum Gasteiger partial charge on any atom is -0.455 e. The summed E-state index contributed by atoms with van der Waals surface area (Å²) < 4.78 is 6.31. The monoisotopic (exact) mass is 440 g/mol. The summed E-state index contributed by atoms with van der Waals surface area (Å²) >= 11 is 12.4. The van der Waals surface area contributed by atoms with E-state index in [0.29, 0.717) is 48.1 Å². The van der Waals surface area contributed by atoms with Gasteiger partial charge in [-0.05, 0) is 41.1 Å². The van der Waals surface area contributed by atoms with Gasteiger partial charge in [-0.2, -0.15) is 0 Å². The Morgan fingerprint density at radius 1 is 0.548 bits per heavy atom. The Labute approximate surface area is 183 Å². The summed E-state index contributed by atoms with van der Waals surface area (Å²) in [6, 6.07) is 18.2. The first-order chi connectivity index (χ1) is 15.0. The normalized spacial score (nSPS) is 12.5. The molecule has 0 amide bonds. The van der Waals surface area contributed by atoms with Crippen LogP contribution in [0.2, 0.25) is 10.0 Å². The highest BCUT2D eigenvalue weighted by Crippen LogP contribution is 2.45. The minimum absolute atomic E-state index is 0.191. The van der Waals surface area contributed by atoms with Gasteiger partial charge in [-0.25, -0.2) is 0 Å². The van der Waals surface area contributed by atoms with Crippen molar-refractivity contribution < 1.29 is 4.42 Å². The average Bonchev–Trinajstić information content (AvgIpc) is 3.37. The molecule has 0 radical (unpaired) electrons. The van der Waals surface area contributed by atoms with E-state index in [1.54, 1.807) is 24.3 Å². The second kappa shape index (κ2) is 5.64. The molecule has 0 unspecified atom stereocenters. The van der Waals surface area contributed by atoms with Gasteiger partial charge in [-0.1, -0.05) is 53.5 Å². The van der Waals surface area contributed by atoms with Crippen LogP contribution >= 0.6 is 23.2 Å². The van der Waals surface area contributed by atoms with Gasteiger partial charge in [0.1, 0.15) is 11.2 Å². The maximum absolute atomic E-state index is 13.6. The first kappa shape index (κ1) is 17.3. The van der Waals surface area contributed by atoms with Crippen molar-refractivity contribution in [2.24, 2.45) is 0 Å². The second-order valence-electron chi connectivity index (χ2n) is 7.84. The smallest absolute Gasteiger partial charge is 0.195 e. The Kier molecular flexibility index (Phi) is 3.15. The topological polar surface area (TPSA) is 47.3 Å². The molecule has 1 aromatic heterocycles. The van der Waals surface area contributed by atoms with Crippen LogP contribution in [0.25, 0.3) is 65.0 Å². The van der Waals surface area contributed by atoms with Crippen molar-refractivity contribution in [2.45, 2.75) is 0 Å². The van der Waals surface area contributed by atoms with Crippen LogP contribution in [-0.4, -0.2) is 0 Å². The van der Waals surface area contributed by atoms with Crippen LogP contribution in [0, 0.1) is 0 Å². The molecule has 1 heterocycles. The van der Waals surface area contributed by atoms with Crippen LogP contribution in [0.3, 0.4) is 0 Å². The molecule has 0 aliphatic heterocycles. The van der Waals surface area contributed by atoms with E-state index in [-0.39, 0.29) is 10.9 Å². The molecular weight excluding hydrogens is 431 g/mol. The Morgan fingerprint density at radius 3 is 1.77 bits per heavy atom. The van der Waals surface area contributed by atoms with E-state index in [2.05, 4.69) is 0 Å². The number of para-hydroxylation sites is 1. The lowest BCUT2D eigenvalue weighted by molar-refractivity contribution is 0.673. The van der Waals surface area contributed by atoms with Gasteiger partial charge in [-0.3, -0.25) is 9.59 Å². The van der Waals surface area contributed by atoms with Crippen molar-refractivity contribution >= 4 is 88.2 Å². The summed E-state index contributed by atoms with van der Waals surface area (Å²) in [6.45, 7) is 0. The fourth-order valence-corrected chi connectivity index (χ4v) is 5.40. The van der Waals surface area contributed by atoms with Crippen molar-refractivity contribution in [1.82, 2.24) is 0 Å². The predicted molar refractivity (Wildman–Crippen MR) is 129 cm³/mol. The number of rotatable bonds is 0. The zero-order valence-electron chi connectivity index (χ0n) is 15.8. The average molecular weight is 441 g/mol. The van der Waals surface area contributed by atoms with Gasteiger partial charge >= 0.3 is 0 Å². The molecule has 0 aliphatic carbocycles. The minimum atomic E-state index is -0.210. The summed E-state index contributed by atoms with van der Waals surface area (Å²) in [7, 11) is 0. The van der Waals surface area contributed by atoms with E-state index in [1.807, 2.05) is 36.4 Å². The Bertz CT molecular complexity index is 2000. The highest BCUT2D eigenvalue weighted by molar-refractivity contribution is 6.42. The molecule has 0 bridgehead atoms. The van der Waals surface area contributed by atoms with E-state index in [9.17, 15) is 9.59 Å². The highest BCUT2D eigenvalue weighted by atomic mass is 35.5. The molecule has 3 nitrogen and oxygen atoms in total. The third kappa shape index (κ3) is 2.01. The molecular formula is C26H10Cl2O3. The van der Waals surface area contributed by atoms with Gasteiger partial charge in [0, 0.05) is 53.1 Å². The van der Waals surface area contributed by atoms with Crippen molar-refractivity contribution in [2.75, 3.05) is 0 Å². The molecule has 0 aliphatic rings. The van der Waals surface area contributed by atoms with Crippen LogP contribution < -0.4 is 10.9 Å². The fourth-order valence-electron chi connectivity index (χ4n) is 5.05. The first-order valence-corrected chi connectivity index (χ1v) is 10.5. The molecule has 7 aromatic rings. The summed E-state index contributed by atoms with van der Waals surface area (Å²) in [5.41, 5.74) is 0.916. The zero-order valence-corrected chi connectivity index (χ0v) is 17.3. The van der Waals surface area contributed by atoms with Gasteiger partial charge in [0.15, 0.2) is 10.9 Å². The van der Waals surface area contributed by atoms with Crippen LogP contribution in [0.15, 0.2) is 74.7 Å². The van der Waals surface area contributed by atoms with Gasteiger partial charge in [0.05, 0.1) is 0 Å². The number of fused-ring (bicyclic) bond motifs is 12. The molecule has 146 valence electrons. The van der Waals surface area contributed by atoms with Gasteiger partial charge in [0.25, 0.3) is 0 Å². The van der Waals surface area contributed by atoms with Crippen LogP contribution in [0.1, 0.15) is 0 Å². The van der Waals surface area contributed by atoms with Crippen LogP contribution in [0.5, 0.6) is 0 Å². The van der Waals surface area contributed by atoms with E-state index in [4.69, 9.17) is 27.6 Å². The lowest BCUT2D eigenvalue weighted by Gasteiger charge is -2.00. The molecule has 31 heavy (non-hydrogen) atoms. The van der Waals surface area contributed by atoms with Gasteiger partial charge < -0.3 is 4.42 Å². The van der Waals surface area contributed by atoms with Gasteiger partial charge in [0.2, 0.25) is 0 Å². The quantitative estimate of drug-likeness (QED) is 0.252. The number of hydrogen-bond donors (Lipinski definition) is 0. The molecule has 6 aromatic carbocycles. The molecule has 0 N–H and O–H groups in total. The molecule has 0 atom stereocenters. The Balaban J connectivity index is 1.98. The lowest BCUT2D eigenvalue weighted by atomic mass is 10.0. The summed E-state index contributed by atoms with van der Waals surface area (Å²) in [5.74, 6) is 0. The first-order valence-electron chi connectivity index (χ1n) is 9.75. The fraction of sp³-hybridized carbons (Fsp3) is 0. The Hall–Kier alpha value is -3.40. The van der Waals surface area contributed by atoms with Crippen molar-refractivity contribution in [1.29, 1.82) is 0 Å². The summed E-state index contributed by atoms with van der Waals surface area (Å²) in [5, 5.41) is 7.39. The maximum Gasteiger partial charge on any atom is 0.195 e. The van der Waals surface area contributed by atoms with Crippen LogP contribution in [0.4, 0.5) is 0 Å². The van der Waals surface area contributed by atoms with E-state index in [0.717, 1.165) is 26.9 Å². The SMILES string of the molecule is O=c1c2cc(Cl)ccc2c2c3oc4ccccc4c3c3c4ccc(Cl)cc4c(=O)c3c12. The van der Waals surface area contributed by atoms with Crippen molar-refractivity contribution in [3.05, 3.63) is 91.2 Å². The zero-order chi connectivity index (χ0) is 21.0. The molecule has 0 spiro atoms. The number of furan rings is 1. The Morgan fingerprint density at radius 2 is 1.10 bits per heavy atom. The standard InChI is InChI=1S/C26H10Cl2O3/c27-11-5-7-13-16(9-11)24(29)22-19(13)21-15-3-1-2-4-18(15)31-26(21)20-14-8-6-12(28)10-17(14)25(30)23(20)22/h1-10H. The predicted octanol–water partition coefficient (Wildman–Crippen LogP) is 7.10. The maximum atomic E-state index is 13.6. The number of benzene rings is 4. The highest BCUT2D eigenvalue weighted by Gasteiger charge is 2.26. The molecule has 0 saturated heterocycles. The molecule has 5 heteroatoms. The van der Waals surface area contributed by atoms with Gasteiger partial charge in [-0.15, -0.1) is 0 Å².